The number of ketones is 1. The summed E-state index contributed by atoms with van der Waals surface area (Å²) in [5, 5.41) is 12.3. The average molecular weight is 416 g/mol. The molecule has 0 saturated carbocycles. The second-order valence-electron chi connectivity index (χ2n) is 7.24. The maximum absolute atomic E-state index is 13.1. The Kier molecular flexibility index (Phi) is 6.71. The van der Waals surface area contributed by atoms with Gasteiger partial charge < -0.3 is 19.5 Å². The van der Waals surface area contributed by atoms with Crippen molar-refractivity contribution < 1.29 is 24.2 Å². The second kappa shape index (κ2) is 9.24. The van der Waals surface area contributed by atoms with Gasteiger partial charge in [0.2, 0.25) is 5.78 Å². The fraction of sp³-hybridized carbons (Fsp3) is 0.364. The second-order valence-corrected chi connectivity index (χ2v) is 8.18. The first-order chi connectivity index (χ1) is 13.9. The Labute approximate surface area is 174 Å². The minimum absolute atomic E-state index is 0.101. The number of aliphatic hydroxyl groups excluding tert-OH is 1. The van der Waals surface area contributed by atoms with Crippen molar-refractivity contribution in [2.24, 2.45) is 5.92 Å². The van der Waals surface area contributed by atoms with E-state index in [-0.39, 0.29) is 17.9 Å². The Morgan fingerprint density at radius 2 is 1.97 bits per heavy atom. The number of nitrogens with zero attached hydrogens (tertiary/aromatic N) is 1. The molecule has 29 heavy (non-hydrogen) atoms. The van der Waals surface area contributed by atoms with Gasteiger partial charge in [-0.15, -0.1) is 11.3 Å². The number of carbonyl (C=O) groups excluding carboxylic acids is 2. The van der Waals surface area contributed by atoms with Crippen molar-refractivity contribution in [3.63, 3.8) is 0 Å². The average Bonchev–Trinajstić information content (AvgIpc) is 3.33. The van der Waals surface area contributed by atoms with Gasteiger partial charge in [-0.3, -0.25) is 9.59 Å². The van der Waals surface area contributed by atoms with Crippen molar-refractivity contribution in [1.82, 2.24) is 4.90 Å². The van der Waals surface area contributed by atoms with Gasteiger partial charge in [0.1, 0.15) is 5.75 Å². The van der Waals surface area contributed by atoms with Gasteiger partial charge in [-0.25, -0.2) is 0 Å². The van der Waals surface area contributed by atoms with Crippen LogP contribution in [0.2, 0.25) is 0 Å². The van der Waals surface area contributed by atoms with E-state index in [4.69, 9.17) is 9.47 Å². The molecule has 1 aliphatic rings. The predicted octanol–water partition coefficient (Wildman–Crippen LogP) is 4.01. The maximum Gasteiger partial charge on any atom is 0.290 e. The molecule has 1 N–H and O–H groups in total. The van der Waals surface area contributed by atoms with E-state index >= 15 is 0 Å². The minimum Gasteiger partial charge on any atom is -0.503 e. The number of amides is 1. The summed E-state index contributed by atoms with van der Waals surface area (Å²) < 4.78 is 10.8. The number of benzene rings is 1. The SMILES string of the molecule is COCCN1C(=O)C(O)=C(C(=O)c2cccs2)C1c1ccc(OCC(C)C)cc1. The van der Waals surface area contributed by atoms with Crippen LogP contribution in [0.25, 0.3) is 0 Å². The molecule has 1 amide bonds. The van der Waals surface area contributed by atoms with Crippen molar-refractivity contribution in [2.75, 3.05) is 26.9 Å². The molecule has 0 saturated heterocycles. The molecule has 3 rings (SSSR count). The third-order valence-electron chi connectivity index (χ3n) is 4.61. The van der Waals surface area contributed by atoms with E-state index in [0.29, 0.717) is 24.0 Å². The molecule has 1 aliphatic heterocycles. The van der Waals surface area contributed by atoms with Crippen LogP contribution in [0.1, 0.15) is 35.1 Å². The number of Topliss-reactive ketones (excluding diaryl/α,β-unsaturated/α-hetero) is 1. The maximum atomic E-state index is 13.1. The lowest BCUT2D eigenvalue weighted by Gasteiger charge is -2.26. The van der Waals surface area contributed by atoms with E-state index in [1.165, 1.54) is 16.2 Å². The minimum atomic E-state index is -0.675. The molecule has 0 spiro atoms. The van der Waals surface area contributed by atoms with Crippen LogP contribution in [0.3, 0.4) is 0 Å². The van der Waals surface area contributed by atoms with Gasteiger partial charge in [-0.05, 0) is 35.1 Å². The predicted molar refractivity (Wildman–Crippen MR) is 111 cm³/mol. The monoisotopic (exact) mass is 415 g/mol. The van der Waals surface area contributed by atoms with Crippen LogP contribution in [0.15, 0.2) is 53.1 Å². The molecule has 1 atom stereocenters. The molecule has 1 unspecified atom stereocenters. The number of methoxy groups -OCH3 is 1. The van der Waals surface area contributed by atoms with Crippen LogP contribution in [0.4, 0.5) is 0 Å². The van der Waals surface area contributed by atoms with Crippen molar-refractivity contribution in [3.8, 4) is 5.75 Å². The van der Waals surface area contributed by atoms with Gasteiger partial charge in [0, 0.05) is 13.7 Å². The highest BCUT2D eigenvalue weighted by molar-refractivity contribution is 7.12. The van der Waals surface area contributed by atoms with Crippen molar-refractivity contribution in [3.05, 3.63) is 63.6 Å². The smallest absolute Gasteiger partial charge is 0.290 e. The van der Waals surface area contributed by atoms with E-state index in [2.05, 4.69) is 13.8 Å². The van der Waals surface area contributed by atoms with Crippen LogP contribution in [0.5, 0.6) is 5.75 Å². The summed E-state index contributed by atoms with van der Waals surface area (Å²) in [5.41, 5.74) is 0.833. The first-order valence-electron chi connectivity index (χ1n) is 9.48. The van der Waals surface area contributed by atoms with Crippen LogP contribution in [-0.4, -0.2) is 48.6 Å². The van der Waals surface area contributed by atoms with E-state index in [1.54, 1.807) is 24.6 Å². The van der Waals surface area contributed by atoms with Crippen LogP contribution < -0.4 is 4.74 Å². The standard InChI is InChI=1S/C22H25NO5S/c1-14(2)13-28-16-8-6-15(7-9-16)19-18(20(24)17-5-4-12-29-17)21(25)22(26)23(19)10-11-27-3/h4-9,12,14,19,25H,10-11,13H2,1-3H3. The van der Waals surface area contributed by atoms with Gasteiger partial charge in [-0.2, -0.15) is 0 Å². The number of rotatable bonds is 9. The third-order valence-corrected chi connectivity index (χ3v) is 5.48. The summed E-state index contributed by atoms with van der Waals surface area (Å²) in [6.45, 7) is 5.30. The highest BCUT2D eigenvalue weighted by Crippen LogP contribution is 2.39. The molecule has 1 aromatic heterocycles. The molecule has 154 valence electrons. The van der Waals surface area contributed by atoms with Crippen molar-refractivity contribution in [1.29, 1.82) is 0 Å². The lowest BCUT2D eigenvalue weighted by atomic mass is 9.95. The highest BCUT2D eigenvalue weighted by atomic mass is 32.1. The highest BCUT2D eigenvalue weighted by Gasteiger charge is 2.43. The molecule has 6 nitrogen and oxygen atoms in total. The van der Waals surface area contributed by atoms with Crippen LogP contribution in [0, 0.1) is 5.92 Å². The summed E-state index contributed by atoms with van der Waals surface area (Å²) in [6.07, 6.45) is 0. The quantitative estimate of drug-likeness (QED) is 0.627. The number of aliphatic hydroxyl groups is 1. The molecule has 0 bridgehead atoms. The summed E-state index contributed by atoms with van der Waals surface area (Å²) in [5.74, 6) is -0.274. The number of hydrogen-bond acceptors (Lipinski definition) is 6. The van der Waals surface area contributed by atoms with Gasteiger partial charge in [0.05, 0.1) is 29.7 Å². The Balaban J connectivity index is 1.95. The molecule has 0 fully saturated rings. The van der Waals surface area contributed by atoms with Gasteiger partial charge in [-0.1, -0.05) is 32.0 Å². The topological polar surface area (TPSA) is 76.1 Å². The summed E-state index contributed by atoms with van der Waals surface area (Å²) in [7, 11) is 1.54. The number of thiophene rings is 1. The molecule has 0 radical (unpaired) electrons. The number of carbonyl (C=O) groups is 2. The fourth-order valence-corrected chi connectivity index (χ4v) is 3.88. The van der Waals surface area contributed by atoms with E-state index in [0.717, 1.165) is 11.3 Å². The number of ether oxygens (including phenoxy) is 2. The normalized spacial score (nSPS) is 16.8. The molecule has 7 heteroatoms. The fourth-order valence-electron chi connectivity index (χ4n) is 3.20. The number of hydrogen-bond donors (Lipinski definition) is 1. The van der Waals surface area contributed by atoms with Crippen molar-refractivity contribution in [2.45, 2.75) is 19.9 Å². The zero-order chi connectivity index (χ0) is 21.0. The van der Waals surface area contributed by atoms with Crippen LogP contribution in [-0.2, 0) is 9.53 Å². The molecular formula is C22H25NO5S. The Morgan fingerprint density at radius 3 is 2.55 bits per heavy atom. The Morgan fingerprint density at radius 1 is 1.24 bits per heavy atom. The van der Waals surface area contributed by atoms with Gasteiger partial charge in [0.15, 0.2) is 5.76 Å². The van der Waals surface area contributed by atoms with Crippen LogP contribution >= 0.6 is 11.3 Å². The van der Waals surface area contributed by atoms with E-state index in [1.807, 2.05) is 24.3 Å². The Bertz CT molecular complexity index is 886. The van der Waals surface area contributed by atoms with E-state index in [9.17, 15) is 14.7 Å². The summed E-state index contributed by atoms with van der Waals surface area (Å²) in [4.78, 5) is 27.7. The Hall–Kier alpha value is -2.64. The lowest BCUT2D eigenvalue weighted by molar-refractivity contribution is -0.130. The van der Waals surface area contributed by atoms with Crippen molar-refractivity contribution >= 4 is 23.0 Å². The van der Waals surface area contributed by atoms with Gasteiger partial charge in [0.25, 0.3) is 5.91 Å². The summed E-state index contributed by atoms with van der Waals surface area (Å²) in [6, 6.07) is 10.1. The summed E-state index contributed by atoms with van der Waals surface area (Å²) >= 11 is 1.28. The van der Waals surface area contributed by atoms with E-state index < -0.39 is 17.7 Å². The largest absolute Gasteiger partial charge is 0.503 e. The molecule has 2 aromatic rings. The first-order valence-corrected chi connectivity index (χ1v) is 10.4. The molecule has 1 aromatic carbocycles. The third kappa shape index (κ3) is 4.52. The zero-order valence-electron chi connectivity index (χ0n) is 16.8. The van der Waals surface area contributed by atoms with Gasteiger partial charge >= 0.3 is 0 Å². The molecule has 0 aliphatic carbocycles. The molecular weight excluding hydrogens is 390 g/mol. The first kappa shape index (κ1) is 21.1. The lowest BCUT2D eigenvalue weighted by Crippen LogP contribution is -2.33. The zero-order valence-corrected chi connectivity index (χ0v) is 17.6. The molecule has 2 heterocycles.